The second kappa shape index (κ2) is 14.8. The van der Waals surface area contributed by atoms with Crippen LogP contribution in [0.15, 0.2) is 90.1 Å². The van der Waals surface area contributed by atoms with Crippen molar-refractivity contribution in [2.75, 3.05) is 0 Å². The summed E-state index contributed by atoms with van der Waals surface area (Å²) in [6, 6.07) is 31.4. The fourth-order valence-corrected chi connectivity index (χ4v) is 4.01. The molecule has 202 valence electrons. The van der Waals surface area contributed by atoms with E-state index in [2.05, 4.69) is 30.3 Å². The number of rotatable bonds is 8. The molecule has 0 spiro atoms. The number of aryl methyl sites for hydroxylation is 4. The summed E-state index contributed by atoms with van der Waals surface area (Å²) in [6.07, 6.45) is 0.423. The third-order valence-corrected chi connectivity index (χ3v) is 6.32. The Hall–Kier alpha value is -5.07. The number of hydrogen-bond acceptors (Lipinski definition) is 6. The van der Waals surface area contributed by atoms with Crippen molar-refractivity contribution in [1.82, 2.24) is 0 Å². The Bertz CT molecular complexity index is 1560. The van der Waals surface area contributed by atoms with Crippen LogP contribution in [0.1, 0.15) is 44.5 Å². The van der Waals surface area contributed by atoms with Gasteiger partial charge in [0.05, 0.1) is 12.5 Å². The second-order valence-corrected chi connectivity index (χ2v) is 9.44. The molecule has 40 heavy (non-hydrogen) atoms. The standard InChI is InChI=1S/C17H16N2O2.C17H17NO/c1-12-7-8-13(2)17(9-12)21-11-14-5-3-4-6-15(14)16(10-18)19-20;1-13-7-8-14(2)17(11-13)19-12-16-6-4-3-5-15(16)9-10-18/h3-9,20H,11H2,1-2H3;3-8,11H,9,12H2,1-2H3. The molecule has 4 aromatic rings. The molecule has 0 saturated heterocycles. The first-order chi connectivity index (χ1) is 19.4. The van der Waals surface area contributed by atoms with Crippen LogP contribution in [0, 0.1) is 50.4 Å². The van der Waals surface area contributed by atoms with E-state index < -0.39 is 0 Å². The topological polar surface area (TPSA) is 98.6 Å². The van der Waals surface area contributed by atoms with Crippen molar-refractivity contribution in [1.29, 1.82) is 10.5 Å². The third-order valence-electron chi connectivity index (χ3n) is 6.32. The van der Waals surface area contributed by atoms with E-state index in [1.54, 1.807) is 12.1 Å². The molecule has 0 aliphatic heterocycles. The Morgan fingerprint density at radius 2 is 1.20 bits per heavy atom. The molecule has 6 heteroatoms. The molecule has 0 unspecified atom stereocenters. The van der Waals surface area contributed by atoms with Gasteiger partial charge in [-0.3, -0.25) is 0 Å². The summed E-state index contributed by atoms with van der Waals surface area (Å²) in [5.41, 5.74) is 7.96. The summed E-state index contributed by atoms with van der Waals surface area (Å²) in [5, 5.41) is 29.7. The maximum atomic E-state index is 8.99. The summed E-state index contributed by atoms with van der Waals surface area (Å²) in [5.74, 6) is 1.72. The van der Waals surface area contributed by atoms with Crippen LogP contribution in [-0.4, -0.2) is 10.9 Å². The molecule has 0 amide bonds. The minimum Gasteiger partial charge on any atom is -0.489 e. The van der Waals surface area contributed by atoms with Crippen LogP contribution in [0.5, 0.6) is 11.5 Å². The SMILES string of the molecule is Cc1ccc(C)c(OCc2ccccc2C(C#N)=NO)c1.Cc1ccc(C)c(OCc2ccccc2CC#N)c1. The Balaban J connectivity index is 0.000000222. The quantitative estimate of drug-likeness (QED) is 0.144. The molecule has 0 fully saturated rings. The molecular formula is C34H33N3O3. The summed E-state index contributed by atoms with van der Waals surface area (Å²) in [4.78, 5) is 0. The van der Waals surface area contributed by atoms with Crippen molar-refractivity contribution < 1.29 is 14.7 Å². The Morgan fingerprint density at radius 3 is 1.73 bits per heavy atom. The molecular weight excluding hydrogens is 498 g/mol. The predicted molar refractivity (Wildman–Crippen MR) is 157 cm³/mol. The monoisotopic (exact) mass is 531 g/mol. The van der Waals surface area contributed by atoms with Crippen molar-refractivity contribution >= 4 is 5.71 Å². The highest BCUT2D eigenvalue weighted by Gasteiger charge is 2.10. The zero-order chi connectivity index (χ0) is 28.9. The normalized spacial score (nSPS) is 10.5. The van der Waals surface area contributed by atoms with Crippen LogP contribution in [0.25, 0.3) is 0 Å². The first-order valence-corrected chi connectivity index (χ1v) is 12.9. The predicted octanol–water partition coefficient (Wildman–Crippen LogP) is 7.53. The van der Waals surface area contributed by atoms with E-state index in [1.165, 1.54) is 5.56 Å². The molecule has 0 aromatic heterocycles. The highest BCUT2D eigenvalue weighted by Crippen LogP contribution is 2.22. The number of nitriles is 2. The highest BCUT2D eigenvalue weighted by atomic mass is 16.5. The van der Waals surface area contributed by atoms with Gasteiger partial charge in [0.25, 0.3) is 0 Å². The lowest BCUT2D eigenvalue weighted by atomic mass is 10.0. The molecule has 0 radical (unpaired) electrons. The Kier molecular flexibility index (Phi) is 10.9. The minimum atomic E-state index is -0.0184. The van der Waals surface area contributed by atoms with Gasteiger partial charge >= 0.3 is 0 Å². The third kappa shape index (κ3) is 8.21. The van der Waals surface area contributed by atoms with Crippen molar-refractivity contribution in [3.05, 3.63) is 129 Å². The average Bonchev–Trinajstić information content (AvgIpc) is 2.96. The van der Waals surface area contributed by atoms with Gasteiger partial charge in [-0.15, -0.1) is 0 Å². The molecule has 0 bridgehead atoms. The summed E-state index contributed by atoms with van der Waals surface area (Å²) >= 11 is 0. The van der Waals surface area contributed by atoms with Gasteiger partial charge in [0, 0.05) is 5.56 Å². The first kappa shape index (κ1) is 29.5. The van der Waals surface area contributed by atoms with Gasteiger partial charge in [0.1, 0.15) is 30.8 Å². The van der Waals surface area contributed by atoms with Crippen molar-refractivity contribution in [2.45, 2.75) is 47.3 Å². The smallest absolute Gasteiger partial charge is 0.187 e. The zero-order valence-electron chi connectivity index (χ0n) is 23.3. The minimum absolute atomic E-state index is 0.0184. The van der Waals surface area contributed by atoms with Crippen molar-refractivity contribution in [3.8, 4) is 23.6 Å². The van der Waals surface area contributed by atoms with E-state index in [4.69, 9.17) is 25.2 Å². The highest BCUT2D eigenvalue weighted by molar-refractivity contribution is 6.12. The molecule has 0 aliphatic carbocycles. The molecule has 1 N–H and O–H groups in total. The maximum absolute atomic E-state index is 8.99. The lowest BCUT2D eigenvalue weighted by molar-refractivity contribution is 0.303. The maximum Gasteiger partial charge on any atom is 0.187 e. The number of oxime groups is 1. The largest absolute Gasteiger partial charge is 0.489 e. The van der Waals surface area contributed by atoms with Crippen molar-refractivity contribution in [3.63, 3.8) is 0 Å². The lowest BCUT2D eigenvalue weighted by Crippen LogP contribution is -2.06. The molecule has 6 nitrogen and oxygen atoms in total. The zero-order valence-corrected chi connectivity index (χ0v) is 23.3. The van der Waals surface area contributed by atoms with Gasteiger partial charge in [0.2, 0.25) is 0 Å². The van der Waals surface area contributed by atoms with Gasteiger partial charge in [-0.2, -0.15) is 10.5 Å². The lowest BCUT2D eigenvalue weighted by Gasteiger charge is -2.12. The van der Waals surface area contributed by atoms with Gasteiger partial charge in [-0.05, 0) is 78.8 Å². The molecule has 4 rings (SSSR count). The second-order valence-electron chi connectivity index (χ2n) is 9.44. The number of hydrogen-bond donors (Lipinski definition) is 1. The number of benzene rings is 4. The van der Waals surface area contributed by atoms with E-state index >= 15 is 0 Å². The Labute approximate surface area is 236 Å². The van der Waals surface area contributed by atoms with Gasteiger partial charge in [0.15, 0.2) is 5.71 Å². The van der Waals surface area contributed by atoms with E-state index in [0.717, 1.165) is 44.9 Å². The van der Waals surface area contributed by atoms with Crippen LogP contribution >= 0.6 is 0 Å². The molecule has 0 atom stereocenters. The van der Waals surface area contributed by atoms with Gasteiger partial charge < -0.3 is 14.7 Å². The summed E-state index contributed by atoms with van der Waals surface area (Å²) in [7, 11) is 0. The van der Waals surface area contributed by atoms with E-state index in [9.17, 15) is 0 Å². The van der Waals surface area contributed by atoms with Crippen LogP contribution in [0.2, 0.25) is 0 Å². The molecule has 0 saturated carbocycles. The number of ether oxygens (including phenoxy) is 2. The summed E-state index contributed by atoms with van der Waals surface area (Å²) in [6.45, 7) is 8.89. The first-order valence-electron chi connectivity index (χ1n) is 12.9. The van der Waals surface area contributed by atoms with Crippen LogP contribution in [0.4, 0.5) is 0 Å². The number of nitrogens with zero attached hydrogens (tertiary/aromatic N) is 3. The van der Waals surface area contributed by atoms with E-state index in [1.807, 2.05) is 87.5 Å². The van der Waals surface area contributed by atoms with Gasteiger partial charge in [-0.25, -0.2) is 0 Å². The van der Waals surface area contributed by atoms with Gasteiger partial charge in [-0.1, -0.05) is 78.0 Å². The van der Waals surface area contributed by atoms with E-state index in [-0.39, 0.29) is 5.71 Å². The summed E-state index contributed by atoms with van der Waals surface area (Å²) < 4.78 is 11.7. The molecule has 0 heterocycles. The van der Waals surface area contributed by atoms with E-state index in [0.29, 0.717) is 25.2 Å². The van der Waals surface area contributed by atoms with Crippen LogP contribution < -0.4 is 9.47 Å². The fraction of sp³-hybridized carbons (Fsp3) is 0.206. The molecule has 0 aliphatic rings. The fourth-order valence-electron chi connectivity index (χ4n) is 4.01. The Morgan fingerprint density at radius 1 is 0.700 bits per heavy atom. The van der Waals surface area contributed by atoms with Crippen LogP contribution in [0.3, 0.4) is 0 Å². The van der Waals surface area contributed by atoms with Crippen molar-refractivity contribution in [2.24, 2.45) is 5.16 Å². The van der Waals surface area contributed by atoms with Crippen LogP contribution in [-0.2, 0) is 19.6 Å². The average molecular weight is 532 g/mol. The molecule has 4 aromatic carbocycles.